The highest BCUT2D eigenvalue weighted by atomic mass is 16.5. The van der Waals surface area contributed by atoms with Gasteiger partial charge in [0.2, 0.25) is 0 Å². The van der Waals surface area contributed by atoms with Crippen LogP contribution in [-0.2, 0) is 19.0 Å². The maximum Gasteiger partial charge on any atom is 0.310 e. The summed E-state index contributed by atoms with van der Waals surface area (Å²) in [6, 6.07) is -0.189. The first kappa shape index (κ1) is 17.3. The van der Waals surface area contributed by atoms with Gasteiger partial charge in [0.15, 0.2) is 0 Å². The molecule has 1 heterocycles. The Morgan fingerprint density at radius 1 is 1.45 bits per heavy atom. The van der Waals surface area contributed by atoms with Crippen LogP contribution in [0.2, 0.25) is 0 Å². The Kier molecular flexibility index (Phi) is 8.01. The Bertz CT molecular complexity index is 288. The second-order valence-electron chi connectivity index (χ2n) is 4.86. The number of hydrogen-bond donors (Lipinski definition) is 2. The largest absolute Gasteiger partial charge is 0.481 e. The summed E-state index contributed by atoms with van der Waals surface area (Å²) in [7, 11) is 1.59. The molecule has 7 heteroatoms. The van der Waals surface area contributed by atoms with Crippen LogP contribution in [0.25, 0.3) is 0 Å². The molecule has 7 nitrogen and oxygen atoms in total. The molecular weight excluding hydrogens is 266 g/mol. The van der Waals surface area contributed by atoms with E-state index in [2.05, 4.69) is 0 Å². The number of aliphatic hydroxyl groups is 1. The quantitative estimate of drug-likeness (QED) is 0.521. The molecule has 0 aliphatic carbocycles. The molecule has 20 heavy (non-hydrogen) atoms. The van der Waals surface area contributed by atoms with Gasteiger partial charge in [0.05, 0.1) is 45.1 Å². The number of likely N-dealkylation sites (N-methyl/N-ethyl adjacent to an activating group) is 1. The molecule has 0 aromatic heterocycles. The first-order valence-electron chi connectivity index (χ1n) is 6.89. The molecule has 3 unspecified atom stereocenters. The van der Waals surface area contributed by atoms with Gasteiger partial charge in [-0.05, 0) is 6.54 Å². The second-order valence-corrected chi connectivity index (χ2v) is 4.86. The highest BCUT2D eigenvalue weighted by Crippen LogP contribution is 2.20. The fraction of sp³-hybridized carbons (Fsp3) is 0.923. The number of hydrogen-bond acceptors (Lipinski definition) is 6. The maximum absolute atomic E-state index is 11.2. The first-order valence-corrected chi connectivity index (χ1v) is 6.89. The minimum Gasteiger partial charge on any atom is -0.481 e. The third-order valence-corrected chi connectivity index (χ3v) is 3.43. The van der Waals surface area contributed by atoms with Crippen molar-refractivity contribution in [2.45, 2.75) is 19.1 Å². The normalized spacial score (nSPS) is 24.2. The van der Waals surface area contributed by atoms with Crippen LogP contribution in [-0.4, -0.2) is 86.5 Å². The molecule has 118 valence electrons. The Balaban J connectivity index is 2.39. The van der Waals surface area contributed by atoms with Crippen molar-refractivity contribution in [2.75, 3.05) is 53.2 Å². The van der Waals surface area contributed by atoms with Gasteiger partial charge in [-0.15, -0.1) is 0 Å². The summed E-state index contributed by atoms with van der Waals surface area (Å²) in [5.74, 6) is -1.38. The predicted molar refractivity (Wildman–Crippen MR) is 71.7 cm³/mol. The highest BCUT2D eigenvalue weighted by Gasteiger charge is 2.37. The van der Waals surface area contributed by atoms with E-state index in [0.29, 0.717) is 32.9 Å². The number of aliphatic carboxylic acids is 1. The Hall–Kier alpha value is -0.730. The molecule has 0 spiro atoms. The van der Waals surface area contributed by atoms with Gasteiger partial charge in [-0.25, -0.2) is 0 Å². The number of carboxylic acid groups (broad SMARTS) is 1. The molecule has 0 amide bonds. The third-order valence-electron chi connectivity index (χ3n) is 3.43. The van der Waals surface area contributed by atoms with Gasteiger partial charge in [0, 0.05) is 19.7 Å². The smallest absolute Gasteiger partial charge is 0.310 e. The Morgan fingerprint density at radius 3 is 2.80 bits per heavy atom. The Morgan fingerprint density at radius 2 is 2.20 bits per heavy atom. The number of methoxy groups -OCH3 is 1. The van der Waals surface area contributed by atoms with Crippen molar-refractivity contribution >= 4 is 5.97 Å². The van der Waals surface area contributed by atoms with Gasteiger partial charge < -0.3 is 24.4 Å². The van der Waals surface area contributed by atoms with E-state index in [9.17, 15) is 9.90 Å². The van der Waals surface area contributed by atoms with Gasteiger partial charge in [0.25, 0.3) is 0 Å². The van der Waals surface area contributed by atoms with Crippen LogP contribution in [0.15, 0.2) is 0 Å². The van der Waals surface area contributed by atoms with Crippen LogP contribution in [0.1, 0.15) is 6.92 Å². The molecule has 0 bridgehead atoms. The van der Waals surface area contributed by atoms with Crippen LogP contribution in [0.5, 0.6) is 0 Å². The fourth-order valence-electron chi connectivity index (χ4n) is 2.32. The lowest BCUT2D eigenvalue weighted by Gasteiger charge is -2.30. The molecule has 0 radical (unpaired) electrons. The van der Waals surface area contributed by atoms with Gasteiger partial charge >= 0.3 is 5.97 Å². The van der Waals surface area contributed by atoms with E-state index in [0.717, 1.165) is 0 Å². The van der Waals surface area contributed by atoms with E-state index in [1.54, 1.807) is 7.11 Å². The van der Waals surface area contributed by atoms with E-state index in [-0.39, 0.29) is 19.3 Å². The van der Waals surface area contributed by atoms with Crippen molar-refractivity contribution < 1.29 is 29.2 Å². The number of aliphatic hydroxyl groups excluding tert-OH is 1. The van der Waals surface area contributed by atoms with E-state index < -0.39 is 18.0 Å². The topological polar surface area (TPSA) is 88.5 Å². The molecule has 1 aliphatic heterocycles. The molecule has 2 N–H and O–H groups in total. The summed E-state index contributed by atoms with van der Waals surface area (Å²) >= 11 is 0. The van der Waals surface area contributed by atoms with Gasteiger partial charge in [0.1, 0.15) is 0 Å². The first-order chi connectivity index (χ1) is 9.60. The average molecular weight is 291 g/mol. The third kappa shape index (κ3) is 5.34. The van der Waals surface area contributed by atoms with Crippen LogP contribution in [0.4, 0.5) is 0 Å². The number of carboxylic acids is 1. The van der Waals surface area contributed by atoms with Gasteiger partial charge in [-0.2, -0.15) is 0 Å². The molecule has 0 saturated carbocycles. The van der Waals surface area contributed by atoms with E-state index in [1.165, 1.54) is 0 Å². The molecule has 1 aliphatic rings. The van der Waals surface area contributed by atoms with Gasteiger partial charge in [-0.1, -0.05) is 6.92 Å². The summed E-state index contributed by atoms with van der Waals surface area (Å²) in [5, 5.41) is 19.1. The zero-order chi connectivity index (χ0) is 15.0. The summed E-state index contributed by atoms with van der Waals surface area (Å²) < 4.78 is 15.4. The van der Waals surface area contributed by atoms with Crippen molar-refractivity contribution in [3.8, 4) is 0 Å². The Labute approximate surface area is 119 Å². The van der Waals surface area contributed by atoms with Crippen molar-refractivity contribution in [2.24, 2.45) is 5.92 Å². The number of carbonyl (C=O) groups is 1. The minimum absolute atomic E-state index is 0.189. The zero-order valence-corrected chi connectivity index (χ0v) is 12.2. The molecule has 3 atom stereocenters. The molecule has 0 aromatic rings. The van der Waals surface area contributed by atoms with Crippen molar-refractivity contribution in [3.05, 3.63) is 0 Å². The highest BCUT2D eigenvalue weighted by molar-refractivity contribution is 5.71. The van der Waals surface area contributed by atoms with Crippen LogP contribution >= 0.6 is 0 Å². The summed E-state index contributed by atoms with van der Waals surface area (Å²) in [5.41, 5.74) is 0. The van der Waals surface area contributed by atoms with Crippen molar-refractivity contribution in [3.63, 3.8) is 0 Å². The van der Waals surface area contributed by atoms with Crippen molar-refractivity contribution in [1.82, 2.24) is 4.90 Å². The maximum atomic E-state index is 11.2. The minimum atomic E-state index is -0.850. The zero-order valence-electron chi connectivity index (χ0n) is 12.2. The SMILES string of the molecule is CCN(CC(O)COCCOC)C1COCC1C(=O)O. The number of rotatable bonds is 10. The van der Waals surface area contributed by atoms with Crippen LogP contribution in [0, 0.1) is 5.92 Å². The van der Waals surface area contributed by atoms with Crippen LogP contribution < -0.4 is 0 Å². The second kappa shape index (κ2) is 9.25. The lowest BCUT2D eigenvalue weighted by atomic mass is 10.0. The predicted octanol–water partition coefficient (Wildman–Crippen LogP) is -0.568. The van der Waals surface area contributed by atoms with Gasteiger partial charge in [-0.3, -0.25) is 9.69 Å². The number of ether oxygens (including phenoxy) is 3. The molecular formula is C13H25NO6. The van der Waals surface area contributed by atoms with E-state index in [1.807, 2.05) is 11.8 Å². The monoisotopic (exact) mass is 291 g/mol. The van der Waals surface area contributed by atoms with Crippen molar-refractivity contribution in [1.29, 1.82) is 0 Å². The average Bonchev–Trinajstić information content (AvgIpc) is 2.90. The fourth-order valence-corrected chi connectivity index (χ4v) is 2.32. The number of nitrogens with zero attached hydrogens (tertiary/aromatic N) is 1. The summed E-state index contributed by atoms with van der Waals surface area (Å²) in [6.45, 7) is 4.74. The van der Waals surface area contributed by atoms with Crippen LogP contribution in [0.3, 0.4) is 0 Å². The van der Waals surface area contributed by atoms with E-state index >= 15 is 0 Å². The summed E-state index contributed by atoms with van der Waals surface area (Å²) in [6.07, 6.45) is -0.651. The standard InChI is InChI=1S/C13H25NO6/c1-3-14(6-10(15)7-19-5-4-18-2)12-9-20-8-11(12)13(16)17/h10-12,15H,3-9H2,1-2H3,(H,16,17). The molecule has 1 saturated heterocycles. The molecule has 0 aromatic carbocycles. The molecule has 1 rings (SSSR count). The lowest BCUT2D eigenvalue weighted by molar-refractivity contribution is -0.143. The summed E-state index contributed by atoms with van der Waals surface area (Å²) in [4.78, 5) is 13.1. The molecule has 1 fully saturated rings. The van der Waals surface area contributed by atoms with E-state index in [4.69, 9.17) is 19.3 Å². The lowest BCUT2D eigenvalue weighted by Crippen LogP contribution is -2.47.